The Morgan fingerprint density at radius 3 is 2.38 bits per heavy atom. The Hall–Kier alpha value is -0.120. The first kappa shape index (κ1) is 15.9. The third-order valence-electron chi connectivity index (χ3n) is 3.46. The molecule has 3 nitrogen and oxygen atoms in total. The Balaban J connectivity index is 3.94. The van der Waals surface area contributed by atoms with Crippen molar-refractivity contribution in [3.8, 4) is 0 Å². The van der Waals surface area contributed by atoms with Gasteiger partial charge in [-0.25, -0.2) is 0 Å². The highest BCUT2D eigenvalue weighted by Crippen LogP contribution is 2.11. The molecule has 3 heteroatoms. The summed E-state index contributed by atoms with van der Waals surface area (Å²) in [5, 5.41) is 3.48. The summed E-state index contributed by atoms with van der Waals surface area (Å²) >= 11 is 0. The van der Waals surface area contributed by atoms with Gasteiger partial charge in [0.25, 0.3) is 0 Å². The fourth-order valence-electron chi connectivity index (χ4n) is 1.84. The molecule has 0 saturated heterocycles. The molecule has 0 spiro atoms. The Morgan fingerprint density at radius 1 is 1.25 bits per heavy atom. The summed E-state index contributed by atoms with van der Waals surface area (Å²) < 4.78 is 5.20. The first-order chi connectivity index (χ1) is 7.54. The van der Waals surface area contributed by atoms with Gasteiger partial charge in [-0.3, -0.25) is 4.90 Å². The largest absolute Gasteiger partial charge is 0.383 e. The maximum Gasteiger partial charge on any atom is 0.0615 e. The Labute approximate surface area is 102 Å². The minimum Gasteiger partial charge on any atom is -0.383 e. The lowest BCUT2D eigenvalue weighted by molar-refractivity contribution is 0.0769. The van der Waals surface area contributed by atoms with E-state index in [1.165, 1.54) is 6.42 Å². The van der Waals surface area contributed by atoms with Crippen molar-refractivity contribution in [2.75, 3.05) is 33.9 Å². The summed E-state index contributed by atoms with van der Waals surface area (Å²) in [6.45, 7) is 12.0. The lowest BCUT2D eigenvalue weighted by Crippen LogP contribution is -2.45. The zero-order valence-electron chi connectivity index (χ0n) is 11.9. The van der Waals surface area contributed by atoms with E-state index < -0.39 is 0 Å². The summed E-state index contributed by atoms with van der Waals surface area (Å²) in [4.78, 5) is 2.40. The third-order valence-corrected chi connectivity index (χ3v) is 3.46. The second-order valence-electron chi connectivity index (χ2n) is 4.89. The van der Waals surface area contributed by atoms with Gasteiger partial charge in [-0.15, -0.1) is 0 Å². The van der Waals surface area contributed by atoms with Gasteiger partial charge in [-0.2, -0.15) is 0 Å². The molecule has 0 fully saturated rings. The normalized spacial score (nSPS) is 17.4. The van der Waals surface area contributed by atoms with Crippen LogP contribution in [0.25, 0.3) is 0 Å². The van der Waals surface area contributed by atoms with E-state index in [0.29, 0.717) is 18.0 Å². The van der Waals surface area contributed by atoms with E-state index in [-0.39, 0.29) is 0 Å². The smallest absolute Gasteiger partial charge is 0.0615 e. The fourth-order valence-corrected chi connectivity index (χ4v) is 1.84. The molecular formula is C13H30N2O. The quantitative estimate of drug-likeness (QED) is 0.613. The first-order valence-corrected chi connectivity index (χ1v) is 6.46. The molecule has 0 aromatic carbocycles. The molecule has 3 unspecified atom stereocenters. The molecule has 98 valence electrons. The zero-order chi connectivity index (χ0) is 12.6. The van der Waals surface area contributed by atoms with Crippen LogP contribution in [-0.4, -0.2) is 50.8 Å². The zero-order valence-corrected chi connectivity index (χ0v) is 11.9. The molecule has 0 aromatic rings. The number of hydrogen-bond donors (Lipinski definition) is 1. The summed E-state index contributed by atoms with van der Waals surface area (Å²) in [5.74, 6) is 0.663. The van der Waals surface area contributed by atoms with Gasteiger partial charge in [0.15, 0.2) is 0 Å². The van der Waals surface area contributed by atoms with E-state index in [1.807, 2.05) is 0 Å². The molecule has 3 atom stereocenters. The second-order valence-corrected chi connectivity index (χ2v) is 4.89. The van der Waals surface area contributed by atoms with Gasteiger partial charge in [0, 0.05) is 19.2 Å². The van der Waals surface area contributed by atoms with E-state index in [1.54, 1.807) is 7.11 Å². The van der Waals surface area contributed by atoms with Gasteiger partial charge in [0.05, 0.1) is 6.61 Å². The number of nitrogens with one attached hydrogen (secondary N) is 1. The van der Waals surface area contributed by atoms with Crippen molar-refractivity contribution in [1.82, 2.24) is 10.2 Å². The van der Waals surface area contributed by atoms with Crippen molar-refractivity contribution in [2.45, 2.75) is 46.2 Å². The maximum atomic E-state index is 5.20. The molecule has 0 aliphatic rings. The van der Waals surface area contributed by atoms with Crippen LogP contribution in [0.1, 0.15) is 34.1 Å². The maximum absolute atomic E-state index is 5.20. The number of ether oxygens (including phenoxy) is 1. The molecule has 0 aliphatic carbocycles. The minimum atomic E-state index is 0.480. The van der Waals surface area contributed by atoms with Crippen LogP contribution in [0.2, 0.25) is 0 Å². The highest BCUT2D eigenvalue weighted by molar-refractivity contribution is 4.75. The second kappa shape index (κ2) is 8.97. The van der Waals surface area contributed by atoms with Crippen molar-refractivity contribution in [2.24, 2.45) is 5.92 Å². The standard InChI is InChI=1S/C13H30N2O/c1-7-8-14-9-11(2)13(4)15(5)12(3)10-16-6/h11-14H,7-10H2,1-6H3. The van der Waals surface area contributed by atoms with Gasteiger partial charge in [-0.1, -0.05) is 13.8 Å². The number of nitrogens with zero attached hydrogens (tertiary/aromatic N) is 1. The Kier molecular flexibility index (Phi) is 8.90. The van der Waals surface area contributed by atoms with Crippen molar-refractivity contribution < 1.29 is 4.74 Å². The third kappa shape index (κ3) is 5.83. The van der Waals surface area contributed by atoms with Gasteiger partial charge < -0.3 is 10.1 Å². The van der Waals surface area contributed by atoms with Crippen LogP contribution >= 0.6 is 0 Å². The molecule has 0 rings (SSSR count). The summed E-state index contributed by atoms with van der Waals surface area (Å²) in [6.07, 6.45) is 1.21. The predicted octanol–water partition coefficient (Wildman–Crippen LogP) is 1.98. The topological polar surface area (TPSA) is 24.5 Å². The molecule has 0 radical (unpaired) electrons. The van der Waals surface area contributed by atoms with Gasteiger partial charge in [0.1, 0.15) is 0 Å². The fraction of sp³-hybridized carbons (Fsp3) is 1.00. The minimum absolute atomic E-state index is 0.480. The SMILES string of the molecule is CCCNCC(C)C(C)N(C)C(C)COC. The highest BCUT2D eigenvalue weighted by Gasteiger charge is 2.20. The van der Waals surface area contributed by atoms with E-state index in [0.717, 1.165) is 19.7 Å². The molecule has 0 amide bonds. The lowest BCUT2D eigenvalue weighted by atomic mass is 10.0. The van der Waals surface area contributed by atoms with Gasteiger partial charge >= 0.3 is 0 Å². The lowest BCUT2D eigenvalue weighted by Gasteiger charge is -2.34. The van der Waals surface area contributed by atoms with Crippen LogP contribution in [0.4, 0.5) is 0 Å². The molecule has 0 saturated carbocycles. The average molecular weight is 230 g/mol. The molecule has 0 heterocycles. The van der Waals surface area contributed by atoms with E-state index in [2.05, 4.69) is 45.0 Å². The predicted molar refractivity (Wildman–Crippen MR) is 70.9 cm³/mol. The average Bonchev–Trinajstić information content (AvgIpc) is 2.27. The van der Waals surface area contributed by atoms with Crippen molar-refractivity contribution >= 4 is 0 Å². The number of rotatable bonds is 9. The van der Waals surface area contributed by atoms with E-state index in [4.69, 9.17) is 4.74 Å². The Bertz CT molecular complexity index is 164. The van der Waals surface area contributed by atoms with E-state index >= 15 is 0 Å². The molecule has 1 N–H and O–H groups in total. The van der Waals surface area contributed by atoms with Crippen LogP contribution < -0.4 is 5.32 Å². The van der Waals surface area contributed by atoms with Crippen molar-refractivity contribution in [3.63, 3.8) is 0 Å². The van der Waals surface area contributed by atoms with Gasteiger partial charge in [0.2, 0.25) is 0 Å². The van der Waals surface area contributed by atoms with Crippen LogP contribution in [0.15, 0.2) is 0 Å². The van der Waals surface area contributed by atoms with Crippen LogP contribution in [-0.2, 0) is 4.74 Å². The van der Waals surface area contributed by atoms with Crippen LogP contribution in [0.3, 0.4) is 0 Å². The number of likely N-dealkylation sites (N-methyl/N-ethyl adjacent to an activating group) is 1. The molecular weight excluding hydrogens is 200 g/mol. The molecule has 0 aromatic heterocycles. The van der Waals surface area contributed by atoms with Gasteiger partial charge in [-0.05, 0) is 46.3 Å². The van der Waals surface area contributed by atoms with Crippen LogP contribution in [0, 0.1) is 5.92 Å². The van der Waals surface area contributed by atoms with Crippen molar-refractivity contribution in [1.29, 1.82) is 0 Å². The summed E-state index contributed by atoms with van der Waals surface area (Å²) in [6, 6.07) is 1.06. The Morgan fingerprint density at radius 2 is 1.88 bits per heavy atom. The summed E-state index contributed by atoms with van der Waals surface area (Å²) in [7, 11) is 3.95. The first-order valence-electron chi connectivity index (χ1n) is 6.46. The number of hydrogen-bond acceptors (Lipinski definition) is 3. The molecule has 16 heavy (non-hydrogen) atoms. The van der Waals surface area contributed by atoms with Crippen LogP contribution in [0.5, 0.6) is 0 Å². The molecule has 0 bridgehead atoms. The molecule has 0 aliphatic heterocycles. The summed E-state index contributed by atoms with van der Waals surface area (Å²) in [5.41, 5.74) is 0. The number of methoxy groups -OCH3 is 1. The van der Waals surface area contributed by atoms with Crippen molar-refractivity contribution in [3.05, 3.63) is 0 Å². The highest BCUT2D eigenvalue weighted by atomic mass is 16.5. The van der Waals surface area contributed by atoms with E-state index in [9.17, 15) is 0 Å². The monoisotopic (exact) mass is 230 g/mol.